The molecular weight excluding hydrogens is 198 g/mol. The molecule has 0 radical (unpaired) electrons. The smallest absolute Gasteiger partial charge is 0.252 e. The van der Waals surface area contributed by atoms with Gasteiger partial charge in [-0.15, -0.1) is 0 Å². The van der Waals surface area contributed by atoms with Crippen LogP contribution in [0.2, 0.25) is 0 Å². The number of pyridine rings is 1. The third-order valence-corrected chi connectivity index (χ3v) is 1.70. The van der Waals surface area contributed by atoms with E-state index < -0.39 is 5.91 Å². The maximum Gasteiger partial charge on any atom is 0.252 e. The molecule has 1 aromatic rings. The van der Waals surface area contributed by atoms with Crippen molar-refractivity contribution in [1.29, 1.82) is 0 Å². The third-order valence-electron chi connectivity index (χ3n) is 1.70. The van der Waals surface area contributed by atoms with Crippen molar-refractivity contribution in [2.24, 2.45) is 5.73 Å². The van der Waals surface area contributed by atoms with E-state index in [1.54, 1.807) is 0 Å². The summed E-state index contributed by atoms with van der Waals surface area (Å²) < 4.78 is 0. The van der Waals surface area contributed by atoms with Crippen LogP contribution >= 0.6 is 0 Å². The lowest BCUT2D eigenvalue weighted by molar-refractivity contribution is -0.117. The monoisotopic (exact) mass is 209 g/mol. The first-order valence-corrected chi connectivity index (χ1v) is 4.35. The Morgan fingerprint density at radius 2 is 2.13 bits per heavy atom. The van der Waals surface area contributed by atoms with Crippen LogP contribution < -0.4 is 16.6 Å². The number of nitrogens with two attached hydrogens (primary N) is 1. The van der Waals surface area contributed by atoms with Crippen LogP contribution in [0.5, 0.6) is 0 Å². The van der Waals surface area contributed by atoms with Crippen LogP contribution in [0, 0.1) is 0 Å². The number of hydrogen-bond donors (Lipinski definition) is 3. The van der Waals surface area contributed by atoms with E-state index in [0.29, 0.717) is 5.56 Å². The summed E-state index contributed by atoms with van der Waals surface area (Å²) in [5.41, 5.74) is 4.96. The van der Waals surface area contributed by atoms with Crippen molar-refractivity contribution in [1.82, 2.24) is 10.3 Å². The second-order valence-electron chi connectivity index (χ2n) is 2.91. The largest absolute Gasteiger partial charge is 0.370 e. The summed E-state index contributed by atoms with van der Waals surface area (Å²) in [5.74, 6) is -0.829. The predicted molar refractivity (Wildman–Crippen MR) is 53.2 cm³/mol. The molecule has 15 heavy (non-hydrogen) atoms. The zero-order chi connectivity index (χ0) is 11.3. The molecule has 4 N–H and O–H groups in total. The number of carbonyl (C=O) groups is 2. The normalized spacial score (nSPS) is 9.60. The number of carbonyl (C=O) groups excluding carboxylic acids is 2. The second-order valence-corrected chi connectivity index (χ2v) is 2.91. The molecule has 0 aliphatic rings. The average molecular weight is 209 g/mol. The summed E-state index contributed by atoms with van der Waals surface area (Å²) in [4.78, 5) is 34.8. The third kappa shape index (κ3) is 3.63. The van der Waals surface area contributed by atoms with Gasteiger partial charge in [0.05, 0.1) is 5.56 Å². The van der Waals surface area contributed by atoms with E-state index in [9.17, 15) is 14.4 Å². The number of amides is 2. The first-order valence-electron chi connectivity index (χ1n) is 4.35. The number of primary amides is 1. The van der Waals surface area contributed by atoms with Crippen molar-refractivity contribution in [2.75, 3.05) is 6.54 Å². The quantitative estimate of drug-likeness (QED) is 0.591. The molecule has 2 amide bonds. The van der Waals surface area contributed by atoms with E-state index in [-0.39, 0.29) is 24.4 Å². The summed E-state index contributed by atoms with van der Waals surface area (Å²) >= 11 is 0. The Morgan fingerprint density at radius 3 is 2.67 bits per heavy atom. The predicted octanol–water partition coefficient (Wildman–Crippen LogP) is -1.02. The van der Waals surface area contributed by atoms with Gasteiger partial charge < -0.3 is 16.0 Å². The Balaban J connectivity index is 2.50. The molecule has 0 aromatic carbocycles. The molecule has 0 saturated carbocycles. The minimum absolute atomic E-state index is 0.0924. The van der Waals surface area contributed by atoms with Gasteiger partial charge in [0, 0.05) is 25.2 Å². The van der Waals surface area contributed by atoms with Gasteiger partial charge in [0.1, 0.15) is 0 Å². The lowest BCUT2D eigenvalue weighted by Gasteiger charge is -2.02. The highest BCUT2D eigenvalue weighted by molar-refractivity contribution is 5.94. The molecule has 0 saturated heterocycles. The molecule has 0 spiro atoms. The number of aromatic nitrogens is 1. The van der Waals surface area contributed by atoms with Gasteiger partial charge in [-0.05, 0) is 6.07 Å². The van der Waals surface area contributed by atoms with Gasteiger partial charge >= 0.3 is 0 Å². The highest BCUT2D eigenvalue weighted by Gasteiger charge is 2.04. The van der Waals surface area contributed by atoms with Crippen LogP contribution in [0.15, 0.2) is 23.1 Å². The fourth-order valence-corrected chi connectivity index (χ4v) is 0.953. The lowest BCUT2D eigenvalue weighted by Crippen LogP contribution is -2.28. The Hall–Kier alpha value is -2.11. The molecule has 1 heterocycles. The van der Waals surface area contributed by atoms with Gasteiger partial charge in [-0.1, -0.05) is 0 Å². The van der Waals surface area contributed by atoms with Crippen LogP contribution in [0.4, 0.5) is 0 Å². The van der Waals surface area contributed by atoms with Crippen LogP contribution in [0.25, 0.3) is 0 Å². The maximum atomic E-state index is 11.4. The van der Waals surface area contributed by atoms with Crippen molar-refractivity contribution in [3.63, 3.8) is 0 Å². The molecule has 6 nitrogen and oxygen atoms in total. The number of nitrogens with one attached hydrogen (secondary N) is 2. The maximum absolute atomic E-state index is 11.4. The molecule has 80 valence electrons. The number of aromatic amines is 1. The highest BCUT2D eigenvalue weighted by atomic mass is 16.2. The van der Waals surface area contributed by atoms with Gasteiger partial charge in [-0.3, -0.25) is 14.4 Å². The van der Waals surface area contributed by atoms with Crippen LogP contribution in [-0.2, 0) is 4.79 Å². The molecule has 0 fully saturated rings. The minimum atomic E-state index is -0.475. The van der Waals surface area contributed by atoms with Crippen LogP contribution in [0.3, 0.4) is 0 Å². The SMILES string of the molecule is NC(=O)CCNC(=O)c1ccc(=O)[nH]c1. The first-order chi connectivity index (χ1) is 7.09. The van der Waals surface area contributed by atoms with Gasteiger partial charge in [-0.2, -0.15) is 0 Å². The fourth-order valence-electron chi connectivity index (χ4n) is 0.953. The topological polar surface area (TPSA) is 105 Å². The molecule has 0 aliphatic heterocycles. The summed E-state index contributed by atoms with van der Waals surface area (Å²) in [6.45, 7) is 0.188. The summed E-state index contributed by atoms with van der Waals surface area (Å²) in [6, 6.07) is 2.65. The van der Waals surface area contributed by atoms with Crippen LogP contribution in [-0.4, -0.2) is 23.3 Å². The van der Waals surface area contributed by atoms with E-state index in [1.165, 1.54) is 18.3 Å². The highest BCUT2D eigenvalue weighted by Crippen LogP contribution is 1.92. The molecule has 6 heteroatoms. The molecular formula is C9H11N3O3. The Morgan fingerprint density at radius 1 is 1.40 bits per heavy atom. The molecule has 1 aromatic heterocycles. The van der Waals surface area contributed by atoms with Crippen LogP contribution in [0.1, 0.15) is 16.8 Å². The summed E-state index contributed by atoms with van der Waals surface area (Å²) in [7, 11) is 0. The average Bonchev–Trinajstić information content (AvgIpc) is 2.18. The van der Waals surface area contributed by atoms with E-state index in [1.807, 2.05) is 0 Å². The van der Waals surface area contributed by atoms with Crippen molar-refractivity contribution >= 4 is 11.8 Å². The molecule has 0 unspecified atom stereocenters. The van der Waals surface area contributed by atoms with Crippen molar-refractivity contribution < 1.29 is 9.59 Å². The number of H-pyrrole nitrogens is 1. The fraction of sp³-hybridized carbons (Fsp3) is 0.222. The first kappa shape index (κ1) is 11.0. The Bertz CT molecular complexity index is 404. The number of hydrogen-bond acceptors (Lipinski definition) is 3. The standard InChI is InChI=1S/C9H11N3O3/c10-7(13)3-4-11-9(15)6-1-2-8(14)12-5-6/h1-2,5H,3-4H2,(H2,10,13)(H,11,15)(H,12,14). The summed E-state index contributed by atoms with van der Waals surface area (Å²) in [6.07, 6.45) is 1.40. The van der Waals surface area contributed by atoms with Gasteiger partial charge in [0.15, 0.2) is 0 Å². The van der Waals surface area contributed by atoms with Gasteiger partial charge in [0.2, 0.25) is 11.5 Å². The van der Waals surface area contributed by atoms with E-state index in [0.717, 1.165) is 0 Å². The van der Waals surface area contributed by atoms with E-state index in [2.05, 4.69) is 10.3 Å². The van der Waals surface area contributed by atoms with E-state index in [4.69, 9.17) is 5.73 Å². The van der Waals surface area contributed by atoms with Crippen molar-refractivity contribution in [2.45, 2.75) is 6.42 Å². The van der Waals surface area contributed by atoms with E-state index >= 15 is 0 Å². The molecule has 0 atom stereocenters. The Kier molecular flexibility index (Phi) is 3.61. The van der Waals surface area contributed by atoms with Gasteiger partial charge in [0.25, 0.3) is 5.91 Å². The molecule has 0 bridgehead atoms. The molecule has 0 aliphatic carbocycles. The molecule has 1 rings (SSSR count). The summed E-state index contributed by atoms with van der Waals surface area (Å²) in [5, 5.41) is 2.49. The van der Waals surface area contributed by atoms with Crippen molar-refractivity contribution in [3.05, 3.63) is 34.2 Å². The zero-order valence-electron chi connectivity index (χ0n) is 7.95. The Labute approximate surface area is 85.5 Å². The van der Waals surface area contributed by atoms with Crippen molar-refractivity contribution in [3.8, 4) is 0 Å². The number of rotatable bonds is 4. The second kappa shape index (κ2) is 4.94. The van der Waals surface area contributed by atoms with Gasteiger partial charge in [-0.25, -0.2) is 0 Å². The lowest BCUT2D eigenvalue weighted by atomic mass is 10.2. The zero-order valence-corrected chi connectivity index (χ0v) is 7.95. The minimum Gasteiger partial charge on any atom is -0.370 e.